The minimum atomic E-state index is -0.397. The van der Waals surface area contributed by atoms with E-state index in [0.29, 0.717) is 15.2 Å². The molecule has 2 aromatic heterocycles. The third-order valence-corrected chi connectivity index (χ3v) is 9.60. The Hall–Kier alpha value is -3.89. The fourth-order valence-electron chi connectivity index (χ4n) is 5.52. The number of aromatic nitrogens is 2. The fraction of sp³-hybridized carbons (Fsp3) is 0.125. The first kappa shape index (κ1) is 29.2. The molecule has 5 aromatic rings. The molecule has 2 atom stereocenters. The van der Waals surface area contributed by atoms with Crippen molar-refractivity contribution in [2.45, 2.75) is 35.7 Å². The van der Waals surface area contributed by atoms with Gasteiger partial charge in [0.05, 0.1) is 38.4 Å². The molecule has 2 unspecified atom stereocenters. The fourth-order valence-corrected chi connectivity index (χ4v) is 7.06. The number of pyridine rings is 1. The molecule has 3 heterocycles. The molecule has 216 valence electrons. The monoisotopic (exact) mass is 645 g/mol. The van der Waals surface area contributed by atoms with Gasteiger partial charge in [-0.25, -0.2) is 0 Å². The Bertz CT molecular complexity index is 1830. The molecule has 1 fully saturated rings. The summed E-state index contributed by atoms with van der Waals surface area (Å²) in [6, 6.07) is 28.0. The minimum Gasteiger partial charge on any atom is -0.351 e. The van der Waals surface area contributed by atoms with E-state index in [2.05, 4.69) is 39.7 Å². The van der Waals surface area contributed by atoms with Crippen LogP contribution in [0.2, 0.25) is 10.0 Å². The number of hydrogen-bond donors (Lipinski definition) is 1. The van der Waals surface area contributed by atoms with Crippen molar-refractivity contribution in [3.05, 3.63) is 140 Å². The Morgan fingerprint density at radius 1 is 0.953 bits per heavy atom. The van der Waals surface area contributed by atoms with Gasteiger partial charge in [0.25, 0.3) is 5.69 Å². The molecule has 1 aliphatic heterocycles. The summed E-state index contributed by atoms with van der Waals surface area (Å²) in [4.78, 5) is 19.3. The number of nitro groups is 1. The number of halogens is 2. The Kier molecular flexibility index (Phi) is 8.15. The van der Waals surface area contributed by atoms with Crippen molar-refractivity contribution in [3.8, 4) is 5.69 Å². The molecule has 11 heteroatoms. The summed E-state index contributed by atoms with van der Waals surface area (Å²) >= 11 is 20.5. The second-order valence-corrected chi connectivity index (χ2v) is 12.4. The molecule has 0 bridgehead atoms. The number of nitro benzene ring substituents is 1. The van der Waals surface area contributed by atoms with Gasteiger partial charge in [0.1, 0.15) is 0 Å². The number of anilines is 1. The van der Waals surface area contributed by atoms with Crippen LogP contribution in [0.25, 0.3) is 5.69 Å². The molecule has 0 amide bonds. The van der Waals surface area contributed by atoms with E-state index < -0.39 is 4.92 Å². The largest absolute Gasteiger partial charge is 0.351 e. The van der Waals surface area contributed by atoms with E-state index >= 15 is 0 Å². The molecule has 1 N–H and O–H groups in total. The zero-order valence-corrected chi connectivity index (χ0v) is 26.2. The third kappa shape index (κ3) is 5.61. The molecule has 0 saturated carbocycles. The Morgan fingerprint density at radius 3 is 2.30 bits per heavy atom. The first-order chi connectivity index (χ1) is 20.7. The second kappa shape index (κ2) is 12.0. The topological polar surface area (TPSA) is 76.2 Å². The van der Waals surface area contributed by atoms with E-state index in [1.165, 1.54) is 23.9 Å². The summed E-state index contributed by atoms with van der Waals surface area (Å²) in [6.45, 7) is 4.14. The van der Waals surface area contributed by atoms with E-state index in [0.717, 1.165) is 43.8 Å². The molecule has 6 rings (SSSR count). The molecular formula is C32H25Cl2N5O2S2. The lowest BCUT2D eigenvalue weighted by Crippen LogP contribution is -2.29. The molecule has 3 aromatic carbocycles. The highest BCUT2D eigenvalue weighted by Gasteiger charge is 2.42. The summed E-state index contributed by atoms with van der Waals surface area (Å²) < 4.78 is 2.13. The number of hydrogen-bond acceptors (Lipinski definition) is 5. The molecule has 0 aliphatic carbocycles. The van der Waals surface area contributed by atoms with Crippen molar-refractivity contribution in [2.75, 3.05) is 4.90 Å². The standard InChI is InChI=1S/C32H25Cl2N5O2S2/c1-19-18-25(20(2)37(19)28-8-5-6-26(33)29(28)34)31-30(27-7-3-4-17-35-27)36-32(42)38(31)21-9-13-23(14-10-21)43-24-15-11-22(12-16-24)39(40)41/h3-18,30-31H,1-2H3,(H,36,42). The van der Waals surface area contributed by atoms with E-state index in [1.54, 1.807) is 24.4 Å². The highest BCUT2D eigenvalue weighted by Crippen LogP contribution is 2.45. The maximum Gasteiger partial charge on any atom is 0.269 e. The van der Waals surface area contributed by atoms with Crippen molar-refractivity contribution in [3.63, 3.8) is 0 Å². The van der Waals surface area contributed by atoms with Gasteiger partial charge in [0.15, 0.2) is 5.11 Å². The lowest BCUT2D eigenvalue weighted by molar-refractivity contribution is -0.384. The quantitative estimate of drug-likeness (QED) is 0.107. The van der Waals surface area contributed by atoms with Gasteiger partial charge in [0, 0.05) is 45.2 Å². The van der Waals surface area contributed by atoms with E-state index in [-0.39, 0.29) is 17.8 Å². The van der Waals surface area contributed by atoms with E-state index in [1.807, 2.05) is 54.6 Å². The highest BCUT2D eigenvalue weighted by molar-refractivity contribution is 7.99. The summed E-state index contributed by atoms with van der Waals surface area (Å²) in [5.74, 6) is 0. The maximum atomic E-state index is 11.0. The van der Waals surface area contributed by atoms with Gasteiger partial charge in [0.2, 0.25) is 0 Å². The van der Waals surface area contributed by atoms with Crippen LogP contribution in [0.3, 0.4) is 0 Å². The minimum absolute atomic E-state index is 0.0697. The predicted molar refractivity (Wildman–Crippen MR) is 177 cm³/mol. The molecule has 1 aliphatic rings. The summed E-state index contributed by atoms with van der Waals surface area (Å²) in [5, 5.41) is 16.1. The van der Waals surface area contributed by atoms with Crippen LogP contribution in [-0.2, 0) is 0 Å². The second-order valence-electron chi connectivity index (χ2n) is 10.1. The predicted octanol–water partition coefficient (Wildman–Crippen LogP) is 9.03. The van der Waals surface area contributed by atoms with Gasteiger partial charge in [-0.2, -0.15) is 0 Å². The van der Waals surface area contributed by atoms with Crippen molar-refractivity contribution in [1.29, 1.82) is 0 Å². The number of thiocarbonyl (C=S) groups is 1. The first-order valence-electron chi connectivity index (χ1n) is 13.4. The van der Waals surface area contributed by atoms with Crippen LogP contribution in [0.15, 0.2) is 107 Å². The molecule has 7 nitrogen and oxygen atoms in total. The van der Waals surface area contributed by atoms with Crippen molar-refractivity contribution in [1.82, 2.24) is 14.9 Å². The van der Waals surface area contributed by atoms with Gasteiger partial charge < -0.3 is 14.8 Å². The van der Waals surface area contributed by atoms with E-state index in [4.69, 9.17) is 35.4 Å². The maximum absolute atomic E-state index is 11.0. The number of rotatable bonds is 7. The average Bonchev–Trinajstić information content (AvgIpc) is 3.50. The zero-order valence-electron chi connectivity index (χ0n) is 23.1. The smallest absolute Gasteiger partial charge is 0.269 e. The van der Waals surface area contributed by atoms with Crippen LogP contribution < -0.4 is 10.2 Å². The van der Waals surface area contributed by atoms with Crippen LogP contribution >= 0.6 is 47.2 Å². The molecule has 43 heavy (non-hydrogen) atoms. The normalized spacial score (nSPS) is 16.4. The van der Waals surface area contributed by atoms with Crippen LogP contribution in [0.1, 0.15) is 34.7 Å². The lowest BCUT2D eigenvalue weighted by Gasteiger charge is -2.28. The number of benzene rings is 3. The molecular weight excluding hydrogens is 621 g/mol. The van der Waals surface area contributed by atoms with Crippen LogP contribution in [-0.4, -0.2) is 19.6 Å². The Morgan fingerprint density at radius 2 is 1.65 bits per heavy atom. The van der Waals surface area contributed by atoms with Crippen molar-refractivity contribution in [2.24, 2.45) is 0 Å². The van der Waals surface area contributed by atoms with Gasteiger partial charge in [-0.3, -0.25) is 15.1 Å². The Labute approximate surface area is 268 Å². The molecule has 0 spiro atoms. The summed E-state index contributed by atoms with van der Waals surface area (Å²) in [6.07, 6.45) is 1.79. The van der Waals surface area contributed by atoms with Crippen molar-refractivity contribution >= 4 is 63.7 Å². The van der Waals surface area contributed by atoms with Gasteiger partial charge in [-0.1, -0.05) is 47.1 Å². The average molecular weight is 647 g/mol. The third-order valence-electron chi connectivity index (χ3n) is 7.46. The van der Waals surface area contributed by atoms with Gasteiger partial charge in [-0.05, 0) is 98.4 Å². The van der Waals surface area contributed by atoms with Crippen LogP contribution in [0.5, 0.6) is 0 Å². The van der Waals surface area contributed by atoms with E-state index in [9.17, 15) is 10.1 Å². The zero-order chi connectivity index (χ0) is 30.2. The number of aryl methyl sites for hydroxylation is 1. The number of non-ortho nitro benzene ring substituents is 1. The van der Waals surface area contributed by atoms with Crippen molar-refractivity contribution < 1.29 is 4.92 Å². The van der Waals surface area contributed by atoms with Crippen LogP contribution in [0, 0.1) is 24.0 Å². The molecule has 1 saturated heterocycles. The lowest BCUT2D eigenvalue weighted by atomic mass is 9.96. The highest BCUT2D eigenvalue weighted by atomic mass is 35.5. The van der Waals surface area contributed by atoms with Gasteiger partial charge >= 0.3 is 0 Å². The Balaban J connectivity index is 1.39. The number of nitrogens with zero attached hydrogens (tertiary/aromatic N) is 4. The van der Waals surface area contributed by atoms with Gasteiger partial charge in [-0.15, -0.1) is 0 Å². The summed E-state index contributed by atoms with van der Waals surface area (Å²) in [7, 11) is 0. The molecule has 0 radical (unpaired) electrons. The summed E-state index contributed by atoms with van der Waals surface area (Å²) in [5.41, 5.74) is 5.82. The van der Waals surface area contributed by atoms with Crippen LogP contribution in [0.4, 0.5) is 11.4 Å². The first-order valence-corrected chi connectivity index (χ1v) is 15.4. The number of nitrogens with one attached hydrogen (secondary N) is 1. The SMILES string of the molecule is Cc1cc(C2C(c3ccccn3)NC(=S)N2c2ccc(Sc3ccc([N+](=O)[O-])cc3)cc2)c(C)n1-c1cccc(Cl)c1Cl.